The van der Waals surface area contributed by atoms with Gasteiger partial charge in [0.25, 0.3) is 0 Å². The molecule has 0 aromatic rings. The van der Waals surface area contributed by atoms with Crippen LogP contribution in [-0.4, -0.2) is 32.6 Å². The van der Waals surface area contributed by atoms with E-state index in [9.17, 15) is 8.42 Å². The van der Waals surface area contributed by atoms with E-state index in [0.717, 1.165) is 6.42 Å². The zero-order valence-corrected chi connectivity index (χ0v) is 9.06. The lowest BCUT2D eigenvalue weighted by Crippen LogP contribution is -2.27. The first-order valence-electron chi connectivity index (χ1n) is 4.08. The summed E-state index contributed by atoms with van der Waals surface area (Å²) in [7, 11) is -1.38. The van der Waals surface area contributed by atoms with Gasteiger partial charge in [-0.3, -0.25) is 0 Å². The number of hydrogen-bond donors (Lipinski definition) is 0. The first-order chi connectivity index (χ1) is 5.38. The summed E-state index contributed by atoms with van der Waals surface area (Å²) in [4.78, 5) is 0. The molecule has 0 spiro atoms. The van der Waals surface area contributed by atoms with Crippen molar-refractivity contribution in [2.24, 2.45) is 5.92 Å². The van der Waals surface area contributed by atoms with Crippen molar-refractivity contribution in [3.8, 4) is 0 Å². The molecule has 0 fully saturated rings. The molecule has 0 aromatic carbocycles. The lowest BCUT2D eigenvalue weighted by atomic mass is 10.1. The van der Waals surface area contributed by atoms with Gasteiger partial charge in [-0.05, 0) is 18.8 Å². The van der Waals surface area contributed by atoms with Gasteiger partial charge in [0.05, 0.1) is 6.26 Å². The lowest BCUT2D eigenvalue weighted by Gasteiger charge is -2.15. The fourth-order valence-corrected chi connectivity index (χ4v) is 1.15. The zero-order chi connectivity index (χ0) is 9.78. The Morgan fingerprint density at radius 2 is 2.00 bits per heavy atom. The molecule has 0 bridgehead atoms. The maximum absolute atomic E-state index is 10.9. The largest absolute Gasteiger partial charge is 0.213 e. The summed E-state index contributed by atoms with van der Waals surface area (Å²) in [5.74, 6) is 0.481. The Bertz CT molecular complexity index is 211. The Morgan fingerprint density at radius 1 is 1.50 bits per heavy atom. The quantitative estimate of drug-likeness (QED) is 0.655. The molecule has 0 aliphatic rings. The van der Waals surface area contributed by atoms with Crippen molar-refractivity contribution >= 4 is 10.0 Å². The van der Waals surface area contributed by atoms with Crippen molar-refractivity contribution in [2.45, 2.75) is 20.3 Å². The van der Waals surface area contributed by atoms with Crippen LogP contribution in [0.5, 0.6) is 0 Å². The Labute approximate surface area is 75.8 Å². The van der Waals surface area contributed by atoms with Crippen molar-refractivity contribution in [3.05, 3.63) is 6.42 Å². The van der Waals surface area contributed by atoms with Crippen LogP contribution in [0.1, 0.15) is 20.3 Å². The molecule has 3 nitrogen and oxygen atoms in total. The van der Waals surface area contributed by atoms with Crippen LogP contribution in [0, 0.1) is 12.3 Å². The van der Waals surface area contributed by atoms with Gasteiger partial charge in [-0.15, -0.1) is 0 Å². The summed E-state index contributed by atoms with van der Waals surface area (Å²) in [6.07, 6.45) is 4.20. The Hall–Kier alpha value is -0.0900. The molecule has 0 saturated heterocycles. The molecular formula is C8H18NO2S. The predicted molar refractivity (Wildman–Crippen MR) is 51.2 cm³/mol. The minimum absolute atomic E-state index is 0.481. The van der Waals surface area contributed by atoms with Crippen molar-refractivity contribution in [3.63, 3.8) is 0 Å². The summed E-state index contributed by atoms with van der Waals surface area (Å²) in [6.45, 7) is 4.67. The number of sulfonamides is 1. The molecule has 0 aliphatic carbocycles. The monoisotopic (exact) mass is 192 g/mol. The van der Waals surface area contributed by atoms with Gasteiger partial charge in [0.15, 0.2) is 0 Å². The maximum Gasteiger partial charge on any atom is 0.210 e. The van der Waals surface area contributed by atoms with Crippen molar-refractivity contribution in [1.29, 1.82) is 0 Å². The molecule has 1 unspecified atom stereocenters. The van der Waals surface area contributed by atoms with Crippen LogP contribution in [0.4, 0.5) is 0 Å². The molecule has 0 heterocycles. The highest BCUT2D eigenvalue weighted by atomic mass is 32.2. The Balaban J connectivity index is 3.80. The van der Waals surface area contributed by atoms with E-state index in [1.54, 1.807) is 7.05 Å². The zero-order valence-electron chi connectivity index (χ0n) is 8.24. The van der Waals surface area contributed by atoms with Crippen LogP contribution >= 0.6 is 0 Å². The Morgan fingerprint density at radius 3 is 2.33 bits per heavy atom. The van der Waals surface area contributed by atoms with Crippen LogP contribution in [0.3, 0.4) is 0 Å². The fourth-order valence-electron chi connectivity index (χ4n) is 0.718. The van der Waals surface area contributed by atoms with E-state index in [-0.39, 0.29) is 0 Å². The third-order valence-electron chi connectivity index (χ3n) is 2.03. The molecule has 4 heteroatoms. The van der Waals surface area contributed by atoms with Crippen molar-refractivity contribution in [1.82, 2.24) is 4.31 Å². The van der Waals surface area contributed by atoms with Gasteiger partial charge in [-0.25, -0.2) is 12.7 Å². The number of hydrogen-bond acceptors (Lipinski definition) is 2. The standard InChI is InChI=1S/C8H18NO2S/c1-5-8(2)6-7-9(3)12(4,10)11/h5,8H,6-7H2,1-4H3. The van der Waals surface area contributed by atoms with E-state index >= 15 is 0 Å². The first-order valence-corrected chi connectivity index (χ1v) is 5.93. The average Bonchev–Trinajstić information content (AvgIpc) is 1.97. The third kappa shape index (κ3) is 4.72. The van der Waals surface area contributed by atoms with E-state index in [1.165, 1.54) is 10.6 Å². The minimum atomic E-state index is -2.99. The topological polar surface area (TPSA) is 37.4 Å². The first kappa shape index (κ1) is 11.9. The Kier molecular flexibility index (Phi) is 4.78. The molecule has 0 rings (SSSR count). The summed E-state index contributed by atoms with van der Waals surface area (Å²) in [6, 6.07) is 0. The normalized spacial score (nSPS) is 15.1. The highest BCUT2D eigenvalue weighted by Crippen LogP contribution is 2.07. The molecule has 0 amide bonds. The lowest BCUT2D eigenvalue weighted by molar-refractivity contribution is 0.437. The number of nitrogens with zero attached hydrogens (tertiary/aromatic N) is 1. The molecule has 1 radical (unpaired) electrons. The van der Waals surface area contributed by atoms with Gasteiger partial charge in [-0.2, -0.15) is 0 Å². The van der Waals surface area contributed by atoms with Crippen LogP contribution in [0.25, 0.3) is 0 Å². The summed E-state index contributed by atoms with van der Waals surface area (Å²) in [5.41, 5.74) is 0. The van der Waals surface area contributed by atoms with Gasteiger partial charge >= 0.3 is 0 Å². The van der Waals surface area contributed by atoms with E-state index < -0.39 is 10.0 Å². The maximum atomic E-state index is 10.9. The van der Waals surface area contributed by atoms with E-state index in [2.05, 4.69) is 13.3 Å². The van der Waals surface area contributed by atoms with Gasteiger partial charge in [0, 0.05) is 13.6 Å². The minimum Gasteiger partial charge on any atom is -0.213 e. The summed E-state index contributed by atoms with van der Waals surface area (Å²) >= 11 is 0. The second-order valence-electron chi connectivity index (χ2n) is 3.18. The average molecular weight is 192 g/mol. The van der Waals surface area contributed by atoms with Crippen LogP contribution in [-0.2, 0) is 10.0 Å². The summed E-state index contributed by atoms with van der Waals surface area (Å²) < 4.78 is 23.3. The highest BCUT2D eigenvalue weighted by molar-refractivity contribution is 7.88. The second kappa shape index (κ2) is 4.82. The summed E-state index contributed by atoms with van der Waals surface area (Å²) in [5, 5.41) is 0. The fraction of sp³-hybridized carbons (Fsp3) is 0.875. The van der Waals surface area contributed by atoms with Crippen molar-refractivity contribution < 1.29 is 8.42 Å². The van der Waals surface area contributed by atoms with E-state index in [1.807, 2.05) is 6.92 Å². The van der Waals surface area contributed by atoms with Crippen LogP contribution in [0.15, 0.2) is 0 Å². The molecular weight excluding hydrogens is 174 g/mol. The highest BCUT2D eigenvalue weighted by Gasteiger charge is 2.11. The van der Waals surface area contributed by atoms with E-state index in [4.69, 9.17) is 0 Å². The molecule has 0 saturated carbocycles. The third-order valence-corrected chi connectivity index (χ3v) is 3.35. The molecule has 0 N–H and O–H groups in total. The molecule has 0 aliphatic heterocycles. The number of rotatable bonds is 5. The van der Waals surface area contributed by atoms with E-state index in [0.29, 0.717) is 12.5 Å². The molecule has 1 atom stereocenters. The predicted octanol–water partition coefficient (Wildman–Crippen LogP) is 1.13. The smallest absolute Gasteiger partial charge is 0.210 e. The van der Waals surface area contributed by atoms with Gasteiger partial charge in [0.1, 0.15) is 0 Å². The second-order valence-corrected chi connectivity index (χ2v) is 5.27. The van der Waals surface area contributed by atoms with Crippen molar-refractivity contribution in [2.75, 3.05) is 19.8 Å². The van der Waals surface area contributed by atoms with Gasteiger partial charge in [-0.1, -0.05) is 13.8 Å². The van der Waals surface area contributed by atoms with Crippen LogP contribution in [0.2, 0.25) is 0 Å². The molecule has 0 aromatic heterocycles. The van der Waals surface area contributed by atoms with Gasteiger partial charge in [0.2, 0.25) is 10.0 Å². The molecule has 12 heavy (non-hydrogen) atoms. The van der Waals surface area contributed by atoms with Crippen LogP contribution < -0.4 is 0 Å². The SMILES string of the molecule is C[CH]C(C)CCN(C)S(C)(=O)=O. The molecule has 73 valence electrons. The van der Waals surface area contributed by atoms with Gasteiger partial charge < -0.3 is 0 Å².